The molecule has 1 aliphatic rings. The quantitative estimate of drug-likeness (QED) is 0.366. The summed E-state index contributed by atoms with van der Waals surface area (Å²) < 4.78 is 5.37. The molecular weight excluding hydrogens is 472 g/mol. The molecule has 2 N–H and O–H groups in total. The molecule has 7 nitrogen and oxygen atoms in total. The largest absolute Gasteiger partial charge is 0.381 e. The van der Waals surface area contributed by atoms with E-state index in [1.54, 1.807) is 24.8 Å². The molecule has 2 amide bonds. The van der Waals surface area contributed by atoms with Crippen molar-refractivity contribution in [1.82, 2.24) is 20.6 Å². The van der Waals surface area contributed by atoms with Crippen molar-refractivity contribution in [1.29, 1.82) is 0 Å². The van der Waals surface area contributed by atoms with E-state index in [0.29, 0.717) is 23.7 Å². The molecule has 1 fully saturated rings. The van der Waals surface area contributed by atoms with Gasteiger partial charge in [0.1, 0.15) is 0 Å². The van der Waals surface area contributed by atoms with Gasteiger partial charge in [-0.05, 0) is 71.5 Å². The Bertz CT molecular complexity index is 1380. The highest BCUT2D eigenvalue weighted by Crippen LogP contribution is 2.28. The van der Waals surface area contributed by atoms with E-state index >= 15 is 0 Å². The molecule has 4 heterocycles. The molecule has 5 rings (SSSR count). The smallest absolute Gasteiger partial charge is 0.261 e. The molecule has 184 valence electrons. The van der Waals surface area contributed by atoms with Gasteiger partial charge in [-0.25, -0.2) is 0 Å². The fraction of sp³-hybridized carbons (Fsp3) is 0.286. The minimum Gasteiger partial charge on any atom is -0.381 e. The Hall–Kier alpha value is -3.62. The number of carbonyl (C=O) groups is 2. The molecule has 0 spiro atoms. The van der Waals surface area contributed by atoms with Gasteiger partial charge in [-0.2, -0.15) is 0 Å². The van der Waals surface area contributed by atoms with Gasteiger partial charge >= 0.3 is 0 Å². The number of hydrogen-bond donors (Lipinski definition) is 2. The molecule has 4 aromatic rings. The summed E-state index contributed by atoms with van der Waals surface area (Å²) in [5.74, 6) is -0.180. The summed E-state index contributed by atoms with van der Waals surface area (Å²) in [7, 11) is 0. The molecular formula is C28H28N4O3S. The van der Waals surface area contributed by atoms with Crippen LogP contribution in [0.15, 0.2) is 66.6 Å². The molecule has 0 aliphatic carbocycles. The van der Waals surface area contributed by atoms with Crippen molar-refractivity contribution in [3.63, 3.8) is 0 Å². The van der Waals surface area contributed by atoms with Crippen molar-refractivity contribution in [2.75, 3.05) is 13.2 Å². The Balaban J connectivity index is 1.29. The van der Waals surface area contributed by atoms with Crippen LogP contribution in [0.4, 0.5) is 0 Å². The lowest BCUT2D eigenvalue weighted by molar-refractivity contribution is 0.0698. The van der Waals surface area contributed by atoms with Crippen LogP contribution >= 0.6 is 11.3 Å². The molecule has 3 aromatic heterocycles. The first kappa shape index (κ1) is 24.1. The number of thiophene rings is 1. The highest BCUT2D eigenvalue weighted by Gasteiger charge is 2.19. The molecule has 0 bridgehead atoms. The van der Waals surface area contributed by atoms with Gasteiger partial charge in [-0.15, -0.1) is 11.3 Å². The van der Waals surface area contributed by atoms with Crippen molar-refractivity contribution in [2.24, 2.45) is 0 Å². The first-order valence-electron chi connectivity index (χ1n) is 12.2. The van der Waals surface area contributed by atoms with Crippen molar-refractivity contribution < 1.29 is 14.3 Å². The summed E-state index contributed by atoms with van der Waals surface area (Å²) in [5, 5.41) is 10.2. The highest BCUT2D eigenvalue weighted by molar-refractivity contribution is 7.12. The Morgan fingerprint density at radius 2 is 1.86 bits per heavy atom. The third-order valence-electron chi connectivity index (χ3n) is 6.49. The average Bonchev–Trinajstić information content (AvgIpc) is 3.43. The molecule has 1 aromatic carbocycles. The van der Waals surface area contributed by atoms with Crippen LogP contribution in [0, 0.1) is 0 Å². The van der Waals surface area contributed by atoms with Crippen LogP contribution in [0.25, 0.3) is 21.9 Å². The number of fused-ring (bicyclic) bond motifs is 1. The molecule has 1 unspecified atom stereocenters. The van der Waals surface area contributed by atoms with Crippen LogP contribution in [0.3, 0.4) is 0 Å². The maximum atomic E-state index is 13.0. The minimum atomic E-state index is -0.187. The van der Waals surface area contributed by atoms with Gasteiger partial charge in [0, 0.05) is 60.6 Å². The predicted molar refractivity (Wildman–Crippen MR) is 141 cm³/mol. The number of carbonyl (C=O) groups excluding carboxylic acids is 2. The summed E-state index contributed by atoms with van der Waals surface area (Å²) in [6, 6.07) is 11.4. The highest BCUT2D eigenvalue weighted by atomic mass is 32.1. The van der Waals surface area contributed by atoms with Gasteiger partial charge in [0.2, 0.25) is 0 Å². The van der Waals surface area contributed by atoms with Crippen LogP contribution in [-0.4, -0.2) is 41.0 Å². The summed E-state index contributed by atoms with van der Waals surface area (Å²) in [6.07, 6.45) is 9.49. The standard InChI is InChI=1S/C28H28N4O3S/c1-2-25(32-27(33)19-3-4-20-14-29-8-5-18(20)11-19)22-12-21(15-30-16-22)23-13-26(36-17-23)28(34)31-24-6-9-35-10-7-24/h3-5,8,11-17,24-25H,2,6-7,9-10H2,1H3,(H,31,34)(H,32,33). The fourth-order valence-corrected chi connectivity index (χ4v) is 5.22. The van der Waals surface area contributed by atoms with Crippen molar-refractivity contribution in [3.8, 4) is 11.1 Å². The lowest BCUT2D eigenvalue weighted by Crippen LogP contribution is -2.38. The molecule has 36 heavy (non-hydrogen) atoms. The Labute approximate surface area is 213 Å². The number of amides is 2. The third-order valence-corrected chi connectivity index (χ3v) is 7.42. The lowest BCUT2D eigenvalue weighted by atomic mass is 10.0. The van der Waals surface area contributed by atoms with Gasteiger partial charge in [-0.3, -0.25) is 19.6 Å². The second-order valence-corrected chi connectivity index (χ2v) is 9.85. The van der Waals surface area contributed by atoms with Gasteiger partial charge in [-0.1, -0.05) is 13.0 Å². The van der Waals surface area contributed by atoms with Crippen molar-refractivity contribution in [2.45, 2.75) is 38.3 Å². The number of nitrogens with zero attached hydrogens (tertiary/aromatic N) is 2. The maximum absolute atomic E-state index is 13.0. The molecule has 1 saturated heterocycles. The molecule has 8 heteroatoms. The second-order valence-electron chi connectivity index (χ2n) is 8.94. The van der Waals surface area contributed by atoms with Crippen LogP contribution in [-0.2, 0) is 4.74 Å². The monoisotopic (exact) mass is 500 g/mol. The third kappa shape index (κ3) is 5.45. The van der Waals surface area contributed by atoms with E-state index < -0.39 is 0 Å². The van der Waals surface area contributed by atoms with E-state index in [9.17, 15) is 9.59 Å². The van der Waals surface area contributed by atoms with E-state index in [-0.39, 0.29) is 23.9 Å². The van der Waals surface area contributed by atoms with Crippen molar-refractivity contribution in [3.05, 3.63) is 82.6 Å². The zero-order chi connectivity index (χ0) is 24.9. The fourth-order valence-electron chi connectivity index (χ4n) is 4.40. The van der Waals surface area contributed by atoms with Crippen LogP contribution in [0.1, 0.15) is 57.8 Å². The minimum absolute atomic E-state index is 0.0490. The van der Waals surface area contributed by atoms with E-state index in [1.807, 2.05) is 48.7 Å². The van der Waals surface area contributed by atoms with Crippen molar-refractivity contribution >= 4 is 33.9 Å². The van der Waals surface area contributed by atoms with Crippen LogP contribution in [0.5, 0.6) is 0 Å². The number of hydrogen-bond acceptors (Lipinski definition) is 6. The second kappa shape index (κ2) is 11.0. The van der Waals surface area contributed by atoms with Gasteiger partial charge in [0.25, 0.3) is 11.8 Å². The van der Waals surface area contributed by atoms with Gasteiger partial charge < -0.3 is 15.4 Å². The van der Waals surface area contributed by atoms with Gasteiger partial charge in [0.05, 0.1) is 10.9 Å². The van der Waals surface area contributed by atoms with E-state index in [2.05, 4.69) is 20.6 Å². The molecule has 0 radical (unpaired) electrons. The summed E-state index contributed by atoms with van der Waals surface area (Å²) in [4.78, 5) is 35.0. The normalized spacial score (nSPS) is 14.9. The molecule has 0 saturated carbocycles. The Kier molecular flexibility index (Phi) is 7.34. The number of pyridine rings is 2. The SMILES string of the molecule is CCC(NC(=O)c1ccc2cnccc2c1)c1cncc(-c2csc(C(=O)NC3CCOCC3)c2)c1. The predicted octanol–water partition coefficient (Wildman–Crippen LogP) is 5.15. The van der Waals surface area contributed by atoms with Crippen LogP contribution in [0.2, 0.25) is 0 Å². The molecule has 1 aliphatic heterocycles. The maximum Gasteiger partial charge on any atom is 0.261 e. The lowest BCUT2D eigenvalue weighted by Gasteiger charge is -2.22. The number of benzene rings is 1. The first-order chi connectivity index (χ1) is 17.6. The summed E-state index contributed by atoms with van der Waals surface area (Å²) in [6.45, 7) is 3.41. The number of nitrogens with one attached hydrogen (secondary N) is 2. The Morgan fingerprint density at radius 3 is 2.69 bits per heavy atom. The van der Waals surface area contributed by atoms with E-state index in [0.717, 1.165) is 46.7 Å². The summed E-state index contributed by atoms with van der Waals surface area (Å²) in [5.41, 5.74) is 3.39. The zero-order valence-corrected chi connectivity index (χ0v) is 20.9. The number of aromatic nitrogens is 2. The Morgan fingerprint density at radius 1 is 1.00 bits per heavy atom. The van der Waals surface area contributed by atoms with Crippen LogP contribution < -0.4 is 10.6 Å². The number of ether oxygens (including phenoxy) is 1. The number of rotatable bonds is 7. The molecule has 1 atom stereocenters. The van der Waals surface area contributed by atoms with E-state index in [4.69, 9.17) is 4.74 Å². The first-order valence-corrected chi connectivity index (χ1v) is 13.1. The van der Waals surface area contributed by atoms with Gasteiger partial charge in [0.15, 0.2) is 0 Å². The zero-order valence-electron chi connectivity index (χ0n) is 20.1. The summed E-state index contributed by atoms with van der Waals surface area (Å²) >= 11 is 1.42. The topological polar surface area (TPSA) is 93.2 Å². The average molecular weight is 501 g/mol. The van der Waals surface area contributed by atoms with E-state index in [1.165, 1.54) is 11.3 Å².